The van der Waals surface area contributed by atoms with Crippen molar-refractivity contribution in [2.24, 2.45) is 5.92 Å². The molecule has 2 rings (SSSR count). The highest BCUT2D eigenvalue weighted by atomic mass is 127. The monoisotopic (exact) mass is 305 g/mol. The molecule has 1 unspecified atom stereocenters. The minimum absolute atomic E-state index is 0.272. The van der Waals surface area contributed by atoms with Crippen molar-refractivity contribution in [2.45, 2.75) is 6.42 Å². The Kier molecular flexibility index (Phi) is 3.17. The number of aliphatic hydroxyl groups excluding tert-OH is 1. The molecule has 1 aliphatic rings. The van der Waals surface area contributed by atoms with Gasteiger partial charge in [-0.25, -0.2) is 0 Å². The lowest BCUT2D eigenvalue weighted by Gasteiger charge is -2.15. The number of hydrogen-bond donors (Lipinski definition) is 1. The van der Waals surface area contributed by atoms with Crippen LogP contribution in [0.1, 0.15) is 6.42 Å². The van der Waals surface area contributed by atoms with Crippen LogP contribution in [0.5, 0.6) is 0 Å². The smallest absolute Gasteiger partial charge is 0.151 e. The van der Waals surface area contributed by atoms with Crippen molar-refractivity contribution in [1.29, 1.82) is 0 Å². The number of nitrogens with zero attached hydrogens (tertiary/aromatic N) is 3. The van der Waals surface area contributed by atoms with E-state index in [0.29, 0.717) is 5.92 Å². The summed E-state index contributed by atoms with van der Waals surface area (Å²) in [6, 6.07) is 3.93. The molecule has 1 fully saturated rings. The summed E-state index contributed by atoms with van der Waals surface area (Å²) in [6.07, 6.45) is 1.05. The van der Waals surface area contributed by atoms with Gasteiger partial charge in [-0.15, -0.1) is 10.2 Å². The molecule has 2 heterocycles. The molecule has 0 aromatic carbocycles. The predicted octanol–water partition coefficient (Wildman–Crippen LogP) is 0.900. The summed E-state index contributed by atoms with van der Waals surface area (Å²) in [7, 11) is 0. The Bertz CT molecular complexity index is 303. The summed E-state index contributed by atoms with van der Waals surface area (Å²) in [4.78, 5) is 2.17. The molecule has 1 aromatic heterocycles. The fourth-order valence-electron chi connectivity index (χ4n) is 1.67. The van der Waals surface area contributed by atoms with Crippen LogP contribution in [0.25, 0.3) is 0 Å². The molecule has 1 N–H and O–H groups in total. The molecule has 14 heavy (non-hydrogen) atoms. The SMILES string of the molecule is OCC1CCN(c2ccc(I)nn2)C1. The Balaban J connectivity index is 2.06. The van der Waals surface area contributed by atoms with E-state index in [0.717, 1.165) is 29.0 Å². The van der Waals surface area contributed by atoms with E-state index in [1.807, 2.05) is 12.1 Å². The minimum Gasteiger partial charge on any atom is -0.396 e. The molecule has 0 saturated carbocycles. The molecule has 0 aliphatic carbocycles. The van der Waals surface area contributed by atoms with E-state index in [-0.39, 0.29) is 6.61 Å². The number of halogens is 1. The van der Waals surface area contributed by atoms with Crippen LogP contribution in [0.15, 0.2) is 12.1 Å². The average Bonchev–Trinajstić information content (AvgIpc) is 2.67. The molecule has 1 atom stereocenters. The van der Waals surface area contributed by atoms with Crippen molar-refractivity contribution in [3.05, 3.63) is 15.8 Å². The normalized spacial score (nSPS) is 21.6. The number of rotatable bonds is 2. The van der Waals surface area contributed by atoms with Gasteiger partial charge < -0.3 is 10.0 Å². The first kappa shape index (κ1) is 10.1. The van der Waals surface area contributed by atoms with E-state index in [2.05, 4.69) is 37.7 Å². The van der Waals surface area contributed by atoms with Gasteiger partial charge in [-0.1, -0.05) is 0 Å². The number of aromatic nitrogens is 2. The van der Waals surface area contributed by atoms with Gasteiger partial charge in [0.15, 0.2) is 5.82 Å². The summed E-state index contributed by atoms with van der Waals surface area (Å²) in [6.45, 7) is 2.14. The van der Waals surface area contributed by atoms with Gasteiger partial charge in [0.05, 0.1) is 0 Å². The van der Waals surface area contributed by atoms with E-state index in [4.69, 9.17) is 5.11 Å². The molecule has 0 bridgehead atoms. The maximum Gasteiger partial charge on any atom is 0.151 e. The molecule has 0 spiro atoms. The Morgan fingerprint density at radius 3 is 2.93 bits per heavy atom. The van der Waals surface area contributed by atoms with Gasteiger partial charge in [0.25, 0.3) is 0 Å². The van der Waals surface area contributed by atoms with Crippen LogP contribution >= 0.6 is 22.6 Å². The van der Waals surface area contributed by atoms with Crippen molar-refractivity contribution in [2.75, 3.05) is 24.6 Å². The first-order valence-electron chi connectivity index (χ1n) is 4.64. The lowest BCUT2D eigenvalue weighted by Crippen LogP contribution is -2.21. The first-order valence-corrected chi connectivity index (χ1v) is 5.72. The van der Waals surface area contributed by atoms with Gasteiger partial charge in [-0.2, -0.15) is 0 Å². The van der Waals surface area contributed by atoms with Crippen LogP contribution in [-0.4, -0.2) is 35.0 Å². The highest BCUT2D eigenvalue weighted by Crippen LogP contribution is 2.21. The zero-order valence-corrected chi connectivity index (χ0v) is 9.88. The number of aliphatic hydroxyl groups is 1. The third-order valence-electron chi connectivity index (χ3n) is 2.49. The van der Waals surface area contributed by atoms with Crippen LogP contribution in [0, 0.1) is 9.62 Å². The summed E-state index contributed by atoms with van der Waals surface area (Å²) >= 11 is 2.14. The van der Waals surface area contributed by atoms with Crippen molar-refractivity contribution in [1.82, 2.24) is 10.2 Å². The fraction of sp³-hybridized carbons (Fsp3) is 0.556. The summed E-state index contributed by atoms with van der Waals surface area (Å²) < 4.78 is 0.907. The van der Waals surface area contributed by atoms with Crippen molar-refractivity contribution in [3.63, 3.8) is 0 Å². The van der Waals surface area contributed by atoms with E-state index in [1.165, 1.54) is 0 Å². The third-order valence-corrected chi connectivity index (χ3v) is 3.06. The van der Waals surface area contributed by atoms with Gasteiger partial charge in [0.1, 0.15) is 3.70 Å². The van der Waals surface area contributed by atoms with Gasteiger partial charge in [-0.3, -0.25) is 0 Å². The Labute approximate surface area is 96.5 Å². The lowest BCUT2D eigenvalue weighted by molar-refractivity contribution is 0.238. The van der Waals surface area contributed by atoms with Gasteiger partial charge in [0, 0.05) is 25.6 Å². The maximum absolute atomic E-state index is 9.01. The van der Waals surface area contributed by atoms with E-state index >= 15 is 0 Å². The maximum atomic E-state index is 9.01. The number of anilines is 1. The van der Waals surface area contributed by atoms with Crippen LogP contribution < -0.4 is 4.90 Å². The topological polar surface area (TPSA) is 49.2 Å². The summed E-state index contributed by atoms with van der Waals surface area (Å²) in [5, 5.41) is 17.1. The highest BCUT2D eigenvalue weighted by molar-refractivity contribution is 14.1. The van der Waals surface area contributed by atoms with Crippen LogP contribution in [0.2, 0.25) is 0 Å². The van der Waals surface area contributed by atoms with Gasteiger partial charge >= 0.3 is 0 Å². The Morgan fingerprint density at radius 2 is 2.36 bits per heavy atom. The molecule has 0 amide bonds. The molecular formula is C9H12IN3O. The molecular weight excluding hydrogens is 293 g/mol. The third kappa shape index (κ3) is 2.14. The van der Waals surface area contributed by atoms with Crippen LogP contribution in [-0.2, 0) is 0 Å². The second kappa shape index (κ2) is 4.39. The molecule has 0 radical (unpaired) electrons. The lowest BCUT2D eigenvalue weighted by atomic mass is 10.1. The number of hydrogen-bond acceptors (Lipinski definition) is 4. The average molecular weight is 305 g/mol. The van der Waals surface area contributed by atoms with Crippen LogP contribution in [0.4, 0.5) is 5.82 Å². The Morgan fingerprint density at radius 1 is 1.50 bits per heavy atom. The summed E-state index contributed by atoms with van der Waals surface area (Å²) in [5.74, 6) is 1.32. The Hall–Kier alpha value is -0.430. The molecule has 76 valence electrons. The van der Waals surface area contributed by atoms with E-state index in [1.54, 1.807) is 0 Å². The minimum atomic E-state index is 0.272. The molecule has 5 heteroatoms. The first-order chi connectivity index (χ1) is 6.79. The molecule has 1 aliphatic heterocycles. The molecule has 1 saturated heterocycles. The second-order valence-electron chi connectivity index (χ2n) is 3.50. The predicted molar refractivity (Wildman–Crippen MR) is 62.2 cm³/mol. The zero-order chi connectivity index (χ0) is 9.97. The second-order valence-corrected chi connectivity index (χ2v) is 4.60. The van der Waals surface area contributed by atoms with Gasteiger partial charge in [-0.05, 0) is 41.1 Å². The fourth-order valence-corrected chi connectivity index (χ4v) is 1.96. The van der Waals surface area contributed by atoms with E-state index < -0.39 is 0 Å². The van der Waals surface area contributed by atoms with Crippen molar-refractivity contribution >= 4 is 28.4 Å². The molecule has 1 aromatic rings. The van der Waals surface area contributed by atoms with Crippen molar-refractivity contribution in [3.8, 4) is 0 Å². The zero-order valence-electron chi connectivity index (χ0n) is 7.73. The van der Waals surface area contributed by atoms with Crippen LogP contribution in [0.3, 0.4) is 0 Å². The van der Waals surface area contributed by atoms with E-state index in [9.17, 15) is 0 Å². The largest absolute Gasteiger partial charge is 0.396 e. The van der Waals surface area contributed by atoms with Gasteiger partial charge in [0.2, 0.25) is 0 Å². The van der Waals surface area contributed by atoms with Crippen molar-refractivity contribution < 1.29 is 5.11 Å². The quantitative estimate of drug-likeness (QED) is 0.825. The molecule has 4 nitrogen and oxygen atoms in total. The standard InChI is InChI=1S/C9H12IN3O/c10-8-1-2-9(12-11-8)13-4-3-7(5-13)6-14/h1-2,7,14H,3-6H2. The highest BCUT2D eigenvalue weighted by Gasteiger charge is 2.22. The summed E-state index contributed by atoms with van der Waals surface area (Å²) in [5.41, 5.74) is 0.